The van der Waals surface area contributed by atoms with Crippen molar-refractivity contribution in [3.63, 3.8) is 0 Å². The number of likely N-dealkylation sites (tertiary alicyclic amines) is 1. The monoisotopic (exact) mass is 595 g/mol. The minimum Gasteiger partial charge on any atom is -0.453 e. The number of aromatic nitrogens is 2. The van der Waals surface area contributed by atoms with Gasteiger partial charge in [-0.05, 0) is 79.5 Å². The van der Waals surface area contributed by atoms with E-state index >= 15 is 0 Å². The summed E-state index contributed by atoms with van der Waals surface area (Å²) in [7, 11) is 1.22. The normalized spacial score (nSPS) is 13.2. The molecule has 3 aromatic rings. The zero-order valence-corrected chi connectivity index (χ0v) is 25.4. The number of benzene rings is 1. The minimum absolute atomic E-state index is 0.00319. The molecular weight excluding hydrogens is 553 g/mol. The Balaban J connectivity index is 0.000000934. The van der Waals surface area contributed by atoms with Gasteiger partial charge in [0.1, 0.15) is 11.5 Å². The molecule has 3 heterocycles. The number of rotatable bonds is 9. The van der Waals surface area contributed by atoms with E-state index in [1.54, 1.807) is 30.5 Å². The molecule has 4 rings (SSSR count). The van der Waals surface area contributed by atoms with Crippen LogP contribution in [-0.4, -0.2) is 52.6 Å². The summed E-state index contributed by atoms with van der Waals surface area (Å²) in [4.78, 5) is 52.1. The number of methoxy groups -OCH3 is 1. The van der Waals surface area contributed by atoms with E-state index in [1.165, 1.54) is 17.7 Å². The highest BCUT2D eigenvalue weighted by atomic mass is 19.1. The highest BCUT2D eigenvalue weighted by Crippen LogP contribution is 2.28. The number of halogens is 1. The van der Waals surface area contributed by atoms with Crippen LogP contribution in [0.15, 0.2) is 53.5 Å². The molecule has 3 amide bonds. The highest BCUT2D eigenvalue weighted by molar-refractivity contribution is 5.90. The van der Waals surface area contributed by atoms with Gasteiger partial charge in [0.05, 0.1) is 13.7 Å². The molecule has 0 spiro atoms. The van der Waals surface area contributed by atoms with Crippen LogP contribution in [0.4, 0.5) is 14.9 Å². The van der Waals surface area contributed by atoms with E-state index in [0.29, 0.717) is 19.3 Å². The summed E-state index contributed by atoms with van der Waals surface area (Å²) in [6.07, 6.45) is 8.60. The van der Waals surface area contributed by atoms with E-state index in [1.807, 2.05) is 17.0 Å². The van der Waals surface area contributed by atoms with E-state index in [-0.39, 0.29) is 47.3 Å². The number of unbranched alkanes of at least 4 members (excludes halogenated alkanes) is 1. The van der Waals surface area contributed by atoms with Crippen LogP contribution in [0.5, 0.6) is 0 Å². The number of ether oxygens (including phenoxy) is 1. The third-order valence-electron chi connectivity index (χ3n) is 6.84. The van der Waals surface area contributed by atoms with E-state index in [2.05, 4.69) is 41.5 Å². The molecule has 11 heteroatoms. The molecule has 10 nitrogen and oxygen atoms in total. The predicted octanol–water partition coefficient (Wildman–Crippen LogP) is 5.10. The number of primary amides is 1. The van der Waals surface area contributed by atoms with Gasteiger partial charge in [-0.25, -0.2) is 9.18 Å². The van der Waals surface area contributed by atoms with Crippen LogP contribution >= 0.6 is 0 Å². The topological polar surface area (TPSA) is 140 Å². The van der Waals surface area contributed by atoms with Gasteiger partial charge >= 0.3 is 6.09 Å². The first-order valence-corrected chi connectivity index (χ1v) is 14.4. The molecule has 1 saturated heterocycles. The quantitative estimate of drug-likeness (QED) is 0.233. The minimum atomic E-state index is -0.745. The van der Waals surface area contributed by atoms with Crippen molar-refractivity contribution >= 4 is 34.5 Å². The zero-order valence-electron chi connectivity index (χ0n) is 25.4. The Labute approximate surface area is 251 Å². The number of aromatic amines is 1. The van der Waals surface area contributed by atoms with Crippen LogP contribution in [0, 0.1) is 11.2 Å². The molecule has 1 aromatic carbocycles. The van der Waals surface area contributed by atoms with E-state index < -0.39 is 6.09 Å². The van der Waals surface area contributed by atoms with Gasteiger partial charge in [0, 0.05) is 42.3 Å². The largest absolute Gasteiger partial charge is 0.453 e. The average Bonchev–Trinajstić information content (AvgIpc) is 3.60. The van der Waals surface area contributed by atoms with Gasteiger partial charge in [-0.15, -0.1) is 0 Å². The van der Waals surface area contributed by atoms with Gasteiger partial charge in [-0.2, -0.15) is 0 Å². The maximum Gasteiger partial charge on any atom is 0.404 e. The maximum atomic E-state index is 14.2. The van der Waals surface area contributed by atoms with Crippen molar-refractivity contribution in [3.05, 3.63) is 76.1 Å². The van der Waals surface area contributed by atoms with Gasteiger partial charge in [0.15, 0.2) is 0 Å². The summed E-state index contributed by atoms with van der Waals surface area (Å²) in [5, 5.41) is 3.49. The molecule has 1 aliphatic rings. The van der Waals surface area contributed by atoms with Crippen molar-refractivity contribution in [1.29, 1.82) is 0 Å². The van der Waals surface area contributed by atoms with Crippen molar-refractivity contribution in [3.8, 4) is 0 Å². The predicted molar refractivity (Wildman–Crippen MR) is 165 cm³/mol. The smallest absolute Gasteiger partial charge is 0.404 e. The van der Waals surface area contributed by atoms with E-state index in [4.69, 9.17) is 0 Å². The lowest BCUT2D eigenvalue weighted by Crippen LogP contribution is -2.25. The number of amides is 3. The van der Waals surface area contributed by atoms with Gasteiger partial charge in [-0.1, -0.05) is 26.8 Å². The number of nitrogens with two attached hydrogens (primary N) is 1. The molecule has 0 atom stereocenters. The Morgan fingerprint density at radius 3 is 2.51 bits per heavy atom. The van der Waals surface area contributed by atoms with Crippen LogP contribution in [-0.2, 0) is 27.3 Å². The first-order valence-electron chi connectivity index (χ1n) is 14.4. The summed E-state index contributed by atoms with van der Waals surface area (Å²) in [5.74, 6) is -0.493. The van der Waals surface area contributed by atoms with Crippen LogP contribution in [0.1, 0.15) is 64.1 Å². The number of H-pyrrole nitrogens is 1. The van der Waals surface area contributed by atoms with Crippen LogP contribution in [0.3, 0.4) is 0 Å². The summed E-state index contributed by atoms with van der Waals surface area (Å²) in [6.45, 7) is 8.23. The van der Waals surface area contributed by atoms with Crippen molar-refractivity contribution in [2.24, 2.45) is 11.1 Å². The summed E-state index contributed by atoms with van der Waals surface area (Å²) >= 11 is 0. The molecule has 0 bridgehead atoms. The fourth-order valence-electron chi connectivity index (χ4n) is 4.89. The first kappa shape index (κ1) is 33.1. The third kappa shape index (κ3) is 10.4. The number of fused-ring (bicyclic) bond motifs is 1. The number of nitrogens with zero attached hydrogens (tertiary/aromatic N) is 2. The van der Waals surface area contributed by atoms with Crippen LogP contribution in [0.2, 0.25) is 0 Å². The molecule has 0 radical (unpaired) electrons. The fraction of sp³-hybridized carbons (Fsp3) is 0.438. The number of carbonyl (C=O) groups is 3. The number of allylic oxidation sites excluding steroid dienone is 1. The van der Waals surface area contributed by atoms with Gasteiger partial charge in [0.25, 0.3) is 5.56 Å². The van der Waals surface area contributed by atoms with Gasteiger partial charge in [0.2, 0.25) is 11.8 Å². The average molecular weight is 596 g/mol. The van der Waals surface area contributed by atoms with Crippen LogP contribution in [0.25, 0.3) is 10.9 Å². The Hall–Kier alpha value is -4.41. The standard InChI is InChI=1S/C30H37FN4O3.C2H5NO2/c1-30(2,3)19-22-17-23(31)16-21-18-24(32-28(21)22)20-35-15-9-10-25(29(35)38)33-26(36)11-5-4-6-12-27(37)34-13-7-8-14-34;1-5-2(3)4/h6,9-10,12,15-18,32H,4-5,7-8,11,13-14,19-20H2,1-3H3,(H,33,36);1H3,(H2,3,4)/b12-6+;. The number of hydrogen-bond donors (Lipinski definition) is 3. The molecule has 0 aliphatic carbocycles. The maximum absolute atomic E-state index is 14.2. The highest BCUT2D eigenvalue weighted by Gasteiger charge is 2.17. The Kier molecular flexibility index (Phi) is 11.7. The Morgan fingerprint density at radius 1 is 1.16 bits per heavy atom. The molecule has 232 valence electrons. The second kappa shape index (κ2) is 15.2. The van der Waals surface area contributed by atoms with E-state index in [0.717, 1.165) is 48.1 Å². The van der Waals surface area contributed by atoms with Crippen molar-refractivity contribution in [2.75, 3.05) is 25.5 Å². The molecule has 1 aliphatic heterocycles. The number of pyridine rings is 1. The van der Waals surface area contributed by atoms with Gasteiger partial charge < -0.3 is 30.2 Å². The summed E-state index contributed by atoms with van der Waals surface area (Å²) in [5.41, 5.74) is 6.90. The number of carbonyl (C=O) groups excluding carboxylic acids is 3. The second-order valence-corrected chi connectivity index (χ2v) is 11.8. The lowest BCUT2D eigenvalue weighted by molar-refractivity contribution is -0.125. The zero-order chi connectivity index (χ0) is 31.6. The number of nitrogens with one attached hydrogen (secondary N) is 2. The molecular formula is C32H42FN5O5. The lowest BCUT2D eigenvalue weighted by Gasteiger charge is -2.18. The second-order valence-electron chi connectivity index (χ2n) is 11.8. The lowest BCUT2D eigenvalue weighted by atomic mass is 9.87. The SMILES string of the molecule is CC(C)(C)Cc1cc(F)cc2cc(Cn3cccc(NC(=O)CCC/C=C/C(=O)N4CCCC4)c3=O)[nH]c12.COC(N)=O. The fourth-order valence-corrected chi connectivity index (χ4v) is 4.89. The molecule has 1 fully saturated rings. The third-order valence-corrected chi connectivity index (χ3v) is 6.84. The van der Waals surface area contributed by atoms with E-state index in [9.17, 15) is 23.6 Å². The Bertz CT molecular complexity index is 1510. The molecule has 4 N–H and O–H groups in total. The first-order chi connectivity index (χ1) is 20.4. The van der Waals surface area contributed by atoms with Crippen molar-refractivity contribution < 1.29 is 23.5 Å². The molecule has 0 saturated carbocycles. The van der Waals surface area contributed by atoms with Crippen molar-refractivity contribution in [1.82, 2.24) is 14.5 Å². The van der Waals surface area contributed by atoms with Gasteiger partial charge in [-0.3, -0.25) is 14.4 Å². The number of anilines is 1. The molecule has 2 aromatic heterocycles. The summed E-state index contributed by atoms with van der Waals surface area (Å²) in [6, 6.07) is 8.24. The summed E-state index contributed by atoms with van der Waals surface area (Å²) < 4.78 is 19.7. The Morgan fingerprint density at radius 2 is 1.86 bits per heavy atom. The van der Waals surface area contributed by atoms with Crippen molar-refractivity contribution in [2.45, 2.75) is 65.8 Å². The number of hydrogen-bond acceptors (Lipinski definition) is 5. The van der Waals surface area contributed by atoms with Crippen LogP contribution < -0.4 is 16.6 Å². The molecule has 0 unspecified atom stereocenters. The molecule has 43 heavy (non-hydrogen) atoms.